The van der Waals surface area contributed by atoms with Gasteiger partial charge >= 0.3 is 0 Å². The van der Waals surface area contributed by atoms with E-state index in [4.69, 9.17) is 10.5 Å². The van der Waals surface area contributed by atoms with Crippen LogP contribution in [-0.4, -0.2) is 26.2 Å². The van der Waals surface area contributed by atoms with E-state index in [1.54, 1.807) is 19.2 Å². The Morgan fingerprint density at radius 3 is 2.76 bits per heavy atom. The maximum atomic E-state index is 11.7. The number of nitrogens with one attached hydrogen (secondary N) is 1. The normalized spacial score (nSPS) is 10.2. The fraction of sp³-hybridized carbons (Fsp3) is 0.462. The summed E-state index contributed by atoms with van der Waals surface area (Å²) in [6, 6.07) is 7.09. The molecule has 1 rings (SSSR count). The molecule has 0 radical (unpaired) electrons. The molecular formula is C13H20N2O2. The van der Waals surface area contributed by atoms with Crippen LogP contribution in [0.25, 0.3) is 0 Å². The van der Waals surface area contributed by atoms with Gasteiger partial charge in [0.25, 0.3) is 5.91 Å². The molecule has 0 heterocycles. The highest BCUT2D eigenvalue weighted by Crippen LogP contribution is 2.09. The fourth-order valence-corrected chi connectivity index (χ4v) is 1.55. The second kappa shape index (κ2) is 7.68. The lowest BCUT2D eigenvalue weighted by molar-refractivity contribution is 0.0953. The van der Waals surface area contributed by atoms with Crippen LogP contribution in [0, 0.1) is 0 Å². The van der Waals surface area contributed by atoms with E-state index in [9.17, 15) is 4.79 Å². The van der Waals surface area contributed by atoms with Gasteiger partial charge in [-0.3, -0.25) is 4.79 Å². The first-order valence-corrected chi connectivity index (χ1v) is 5.87. The maximum absolute atomic E-state index is 11.7. The number of amides is 1. The monoisotopic (exact) mass is 236 g/mol. The Bertz CT molecular complexity index is 353. The van der Waals surface area contributed by atoms with Crippen LogP contribution >= 0.6 is 0 Å². The Labute approximate surface area is 102 Å². The third-order valence-corrected chi connectivity index (χ3v) is 2.52. The highest BCUT2D eigenvalue weighted by Gasteiger charge is 2.07. The molecule has 17 heavy (non-hydrogen) atoms. The lowest BCUT2D eigenvalue weighted by Gasteiger charge is -2.07. The standard InChI is InChI=1S/C13H20N2O2/c1-17-10-6-2-5-9-15-13(16)11-7-3-4-8-12(11)14/h3-4,7-8H,2,5-6,9-10,14H2,1H3,(H,15,16). The summed E-state index contributed by atoms with van der Waals surface area (Å²) in [5.74, 6) is -0.102. The molecule has 4 heteroatoms. The minimum atomic E-state index is -0.102. The molecule has 0 aliphatic heterocycles. The molecule has 4 nitrogen and oxygen atoms in total. The average molecular weight is 236 g/mol. The van der Waals surface area contributed by atoms with Crippen molar-refractivity contribution >= 4 is 11.6 Å². The topological polar surface area (TPSA) is 64.3 Å². The molecule has 0 spiro atoms. The molecule has 0 atom stereocenters. The molecule has 0 fully saturated rings. The second-order valence-corrected chi connectivity index (χ2v) is 3.90. The molecule has 0 saturated heterocycles. The van der Waals surface area contributed by atoms with Gasteiger partial charge in [0.15, 0.2) is 0 Å². The Kier molecular flexibility index (Phi) is 6.10. The number of carbonyl (C=O) groups is 1. The van der Waals surface area contributed by atoms with Crippen LogP contribution in [-0.2, 0) is 4.74 Å². The number of nitrogens with two attached hydrogens (primary N) is 1. The molecule has 0 saturated carbocycles. The van der Waals surface area contributed by atoms with Crippen molar-refractivity contribution in [3.63, 3.8) is 0 Å². The van der Waals surface area contributed by atoms with E-state index in [1.807, 2.05) is 12.1 Å². The number of nitrogen functional groups attached to an aromatic ring is 1. The molecule has 0 unspecified atom stereocenters. The summed E-state index contributed by atoms with van der Waals surface area (Å²) in [5, 5.41) is 2.86. The van der Waals surface area contributed by atoms with Gasteiger partial charge < -0.3 is 15.8 Å². The maximum Gasteiger partial charge on any atom is 0.253 e. The van der Waals surface area contributed by atoms with E-state index in [-0.39, 0.29) is 5.91 Å². The fourth-order valence-electron chi connectivity index (χ4n) is 1.55. The molecule has 94 valence electrons. The third-order valence-electron chi connectivity index (χ3n) is 2.52. The molecule has 0 aromatic heterocycles. The van der Waals surface area contributed by atoms with Crippen LogP contribution in [0.1, 0.15) is 29.6 Å². The molecule has 0 aliphatic carbocycles. The summed E-state index contributed by atoms with van der Waals surface area (Å²) in [5.41, 5.74) is 6.78. The molecule has 0 aliphatic rings. The van der Waals surface area contributed by atoms with Gasteiger partial charge in [0.2, 0.25) is 0 Å². The number of unbranched alkanes of at least 4 members (excludes halogenated alkanes) is 2. The summed E-state index contributed by atoms with van der Waals surface area (Å²) >= 11 is 0. The second-order valence-electron chi connectivity index (χ2n) is 3.90. The highest BCUT2D eigenvalue weighted by molar-refractivity contribution is 5.98. The van der Waals surface area contributed by atoms with E-state index in [2.05, 4.69) is 5.32 Å². The van der Waals surface area contributed by atoms with E-state index in [0.717, 1.165) is 25.9 Å². The molecule has 1 amide bonds. The zero-order chi connectivity index (χ0) is 12.5. The number of hydrogen-bond acceptors (Lipinski definition) is 3. The number of hydrogen-bond donors (Lipinski definition) is 2. The molecule has 1 aromatic rings. The lowest BCUT2D eigenvalue weighted by atomic mass is 10.1. The Morgan fingerprint density at radius 1 is 1.29 bits per heavy atom. The van der Waals surface area contributed by atoms with E-state index < -0.39 is 0 Å². The van der Waals surface area contributed by atoms with Crippen molar-refractivity contribution in [2.75, 3.05) is 26.0 Å². The van der Waals surface area contributed by atoms with Gasteiger partial charge in [-0.2, -0.15) is 0 Å². The van der Waals surface area contributed by atoms with Crippen LogP contribution in [0.15, 0.2) is 24.3 Å². The Hall–Kier alpha value is -1.55. The van der Waals surface area contributed by atoms with E-state index in [0.29, 0.717) is 17.8 Å². The first-order chi connectivity index (χ1) is 8.25. The smallest absolute Gasteiger partial charge is 0.253 e. The van der Waals surface area contributed by atoms with Crippen molar-refractivity contribution < 1.29 is 9.53 Å². The van der Waals surface area contributed by atoms with Gasteiger partial charge in [-0.15, -0.1) is 0 Å². The van der Waals surface area contributed by atoms with Crippen LogP contribution in [0.2, 0.25) is 0 Å². The summed E-state index contributed by atoms with van der Waals surface area (Å²) in [6.45, 7) is 1.45. The minimum Gasteiger partial charge on any atom is -0.398 e. The number of para-hydroxylation sites is 1. The third kappa shape index (κ3) is 4.87. The summed E-state index contributed by atoms with van der Waals surface area (Å²) in [6.07, 6.45) is 3.04. The van der Waals surface area contributed by atoms with Crippen molar-refractivity contribution in [1.82, 2.24) is 5.32 Å². The number of methoxy groups -OCH3 is 1. The minimum absolute atomic E-state index is 0.102. The summed E-state index contributed by atoms with van der Waals surface area (Å²) in [4.78, 5) is 11.7. The molecule has 1 aromatic carbocycles. The van der Waals surface area contributed by atoms with Gasteiger partial charge in [0.05, 0.1) is 5.56 Å². The van der Waals surface area contributed by atoms with Crippen LogP contribution < -0.4 is 11.1 Å². The lowest BCUT2D eigenvalue weighted by Crippen LogP contribution is -2.25. The van der Waals surface area contributed by atoms with Gasteiger partial charge in [0, 0.05) is 25.9 Å². The predicted octanol–water partition coefficient (Wildman–Crippen LogP) is 1.82. The van der Waals surface area contributed by atoms with E-state index >= 15 is 0 Å². The summed E-state index contributed by atoms with van der Waals surface area (Å²) < 4.78 is 4.95. The number of anilines is 1. The first kappa shape index (κ1) is 13.5. The quantitative estimate of drug-likeness (QED) is 0.560. The van der Waals surface area contributed by atoms with Crippen LogP contribution in [0.5, 0.6) is 0 Å². The van der Waals surface area contributed by atoms with Crippen molar-refractivity contribution in [3.05, 3.63) is 29.8 Å². The number of benzene rings is 1. The molecular weight excluding hydrogens is 216 g/mol. The van der Waals surface area contributed by atoms with Gasteiger partial charge in [-0.1, -0.05) is 12.1 Å². The number of carbonyl (C=O) groups excluding carboxylic acids is 1. The number of rotatable bonds is 7. The van der Waals surface area contributed by atoms with Crippen molar-refractivity contribution in [2.45, 2.75) is 19.3 Å². The van der Waals surface area contributed by atoms with Crippen LogP contribution in [0.3, 0.4) is 0 Å². The Morgan fingerprint density at radius 2 is 2.06 bits per heavy atom. The Balaban J connectivity index is 2.24. The summed E-state index contributed by atoms with van der Waals surface area (Å²) in [7, 11) is 1.69. The average Bonchev–Trinajstić information content (AvgIpc) is 2.34. The SMILES string of the molecule is COCCCCCNC(=O)c1ccccc1N. The molecule has 3 N–H and O–H groups in total. The van der Waals surface area contributed by atoms with Crippen molar-refractivity contribution in [1.29, 1.82) is 0 Å². The van der Waals surface area contributed by atoms with Gasteiger partial charge in [-0.05, 0) is 31.4 Å². The zero-order valence-electron chi connectivity index (χ0n) is 10.2. The van der Waals surface area contributed by atoms with Crippen molar-refractivity contribution in [2.24, 2.45) is 0 Å². The van der Waals surface area contributed by atoms with Crippen LogP contribution in [0.4, 0.5) is 5.69 Å². The molecule has 0 bridgehead atoms. The van der Waals surface area contributed by atoms with E-state index in [1.165, 1.54) is 0 Å². The first-order valence-electron chi connectivity index (χ1n) is 5.87. The van der Waals surface area contributed by atoms with Gasteiger partial charge in [0.1, 0.15) is 0 Å². The predicted molar refractivity (Wildman–Crippen MR) is 68.9 cm³/mol. The largest absolute Gasteiger partial charge is 0.398 e. The highest BCUT2D eigenvalue weighted by atomic mass is 16.5. The van der Waals surface area contributed by atoms with Crippen molar-refractivity contribution in [3.8, 4) is 0 Å². The van der Waals surface area contributed by atoms with Gasteiger partial charge in [-0.25, -0.2) is 0 Å². The number of ether oxygens (including phenoxy) is 1. The zero-order valence-corrected chi connectivity index (χ0v) is 10.2.